The van der Waals surface area contributed by atoms with Gasteiger partial charge in [0.15, 0.2) is 5.82 Å². The number of carbonyl (C=O) groups is 1. The van der Waals surface area contributed by atoms with E-state index in [1.807, 2.05) is 31.2 Å². The number of benzene rings is 1. The average Bonchev–Trinajstić information content (AvgIpc) is 3.12. The zero-order valence-corrected chi connectivity index (χ0v) is 17.8. The van der Waals surface area contributed by atoms with Crippen molar-refractivity contribution in [2.45, 2.75) is 20.5 Å². The van der Waals surface area contributed by atoms with E-state index in [1.165, 1.54) is 6.33 Å². The Kier molecular flexibility index (Phi) is 5.99. The summed E-state index contributed by atoms with van der Waals surface area (Å²) in [6.45, 7) is 4.22. The van der Waals surface area contributed by atoms with Crippen molar-refractivity contribution in [3.63, 3.8) is 0 Å². The maximum absolute atomic E-state index is 12.2. The van der Waals surface area contributed by atoms with Crippen molar-refractivity contribution in [1.82, 2.24) is 19.6 Å². The summed E-state index contributed by atoms with van der Waals surface area (Å²) >= 11 is 6.41. The number of aromatic nitrogens is 4. The van der Waals surface area contributed by atoms with Crippen LogP contribution in [0.15, 0.2) is 55.1 Å². The molecule has 0 amide bonds. The first-order chi connectivity index (χ1) is 15.1. The number of fused-ring (bicyclic) bond motifs is 1. The number of hydrogen-bond acceptors (Lipinski definition) is 7. The predicted molar refractivity (Wildman–Crippen MR) is 117 cm³/mol. The van der Waals surface area contributed by atoms with Crippen LogP contribution in [-0.2, 0) is 11.3 Å². The maximum atomic E-state index is 12.2. The summed E-state index contributed by atoms with van der Waals surface area (Å²) in [7, 11) is 0. The Bertz CT molecular complexity index is 1230. The van der Waals surface area contributed by atoms with Crippen LogP contribution in [0, 0.1) is 6.92 Å². The summed E-state index contributed by atoms with van der Waals surface area (Å²) in [6.07, 6.45) is 4.76. The molecule has 0 fully saturated rings. The third-order valence-corrected chi connectivity index (χ3v) is 4.91. The second-order valence-electron chi connectivity index (χ2n) is 6.67. The van der Waals surface area contributed by atoms with Crippen molar-refractivity contribution in [3.8, 4) is 5.75 Å². The lowest BCUT2D eigenvalue weighted by molar-refractivity contribution is 0.0525. The highest BCUT2D eigenvalue weighted by atomic mass is 35.5. The standard InChI is InChI=1S/C22H20ClN5O3/c1-3-30-22(29)17-11-28-20(14(17)2)21(25-13-26-28)27-15-7-8-19(18(23)10-15)31-12-16-6-4-5-9-24-16/h4-11,13H,3,12H2,1-2H3,(H,25,26,27). The van der Waals surface area contributed by atoms with E-state index in [2.05, 4.69) is 20.4 Å². The van der Waals surface area contributed by atoms with Gasteiger partial charge in [0.25, 0.3) is 0 Å². The van der Waals surface area contributed by atoms with Crippen molar-refractivity contribution in [3.05, 3.63) is 77.0 Å². The first kappa shape index (κ1) is 20.6. The summed E-state index contributed by atoms with van der Waals surface area (Å²) < 4.78 is 12.5. The van der Waals surface area contributed by atoms with E-state index in [1.54, 1.807) is 36.0 Å². The lowest BCUT2D eigenvalue weighted by atomic mass is 10.2. The third-order valence-electron chi connectivity index (χ3n) is 4.62. The maximum Gasteiger partial charge on any atom is 0.340 e. The van der Waals surface area contributed by atoms with E-state index >= 15 is 0 Å². The number of nitrogens with one attached hydrogen (secondary N) is 1. The van der Waals surface area contributed by atoms with Gasteiger partial charge in [0.1, 0.15) is 24.2 Å². The Balaban J connectivity index is 1.56. The van der Waals surface area contributed by atoms with E-state index in [4.69, 9.17) is 21.1 Å². The quantitative estimate of drug-likeness (QED) is 0.423. The molecule has 0 saturated carbocycles. The smallest absolute Gasteiger partial charge is 0.340 e. The molecule has 8 nitrogen and oxygen atoms in total. The molecule has 0 atom stereocenters. The summed E-state index contributed by atoms with van der Waals surface area (Å²) in [5, 5.41) is 7.88. The molecule has 0 unspecified atom stereocenters. The van der Waals surface area contributed by atoms with Crippen molar-refractivity contribution in [2.75, 3.05) is 11.9 Å². The molecule has 3 heterocycles. The average molecular weight is 438 g/mol. The molecule has 0 spiro atoms. The largest absolute Gasteiger partial charge is 0.486 e. The van der Waals surface area contributed by atoms with Gasteiger partial charge in [-0.1, -0.05) is 17.7 Å². The van der Waals surface area contributed by atoms with Gasteiger partial charge in [0.05, 0.1) is 22.9 Å². The Morgan fingerprint density at radius 3 is 2.84 bits per heavy atom. The first-order valence-electron chi connectivity index (χ1n) is 9.66. The van der Waals surface area contributed by atoms with E-state index in [-0.39, 0.29) is 0 Å². The number of rotatable bonds is 7. The number of pyridine rings is 1. The Hall–Kier alpha value is -3.65. The minimum Gasteiger partial charge on any atom is -0.486 e. The molecule has 4 rings (SSSR count). The Labute approximate surface area is 183 Å². The number of esters is 1. The Morgan fingerprint density at radius 1 is 1.23 bits per heavy atom. The van der Waals surface area contributed by atoms with Crippen molar-refractivity contribution in [2.24, 2.45) is 0 Å². The van der Waals surface area contributed by atoms with Crippen LogP contribution in [0.5, 0.6) is 5.75 Å². The van der Waals surface area contributed by atoms with E-state index in [0.29, 0.717) is 46.6 Å². The molecule has 1 N–H and O–H groups in total. The monoisotopic (exact) mass is 437 g/mol. The number of carbonyl (C=O) groups excluding carboxylic acids is 1. The summed E-state index contributed by atoms with van der Waals surface area (Å²) in [5.74, 6) is 0.698. The molecule has 31 heavy (non-hydrogen) atoms. The second-order valence-corrected chi connectivity index (χ2v) is 7.08. The van der Waals surface area contributed by atoms with Gasteiger partial charge in [-0.3, -0.25) is 4.98 Å². The lowest BCUT2D eigenvalue weighted by Crippen LogP contribution is -2.04. The van der Waals surface area contributed by atoms with E-state index < -0.39 is 5.97 Å². The SMILES string of the molecule is CCOC(=O)c1cn2ncnc(Nc3ccc(OCc4ccccn4)c(Cl)c3)c2c1C. The molecule has 0 aliphatic rings. The molecule has 0 saturated heterocycles. The normalized spacial score (nSPS) is 10.8. The number of aryl methyl sites for hydroxylation is 1. The molecule has 0 radical (unpaired) electrons. The number of anilines is 2. The zero-order valence-electron chi connectivity index (χ0n) is 17.0. The lowest BCUT2D eigenvalue weighted by Gasteiger charge is -2.11. The minimum atomic E-state index is -0.395. The molecule has 1 aromatic carbocycles. The van der Waals surface area contributed by atoms with Gasteiger partial charge in [0.2, 0.25) is 0 Å². The van der Waals surface area contributed by atoms with Crippen molar-refractivity contribution < 1.29 is 14.3 Å². The van der Waals surface area contributed by atoms with Crippen LogP contribution in [0.2, 0.25) is 5.02 Å². The Morgan fingerprint density at radius 2 is 2.10 bits per heavy atom. The van der Waals surface area contributed by atoms with Gasteiger partial charge in [0, 0.05) is 18.1 Å². The van der Waals surface area contributed by atoms with Gasteiger partial charge in [-0.05, 0) is 49.7 Å². The summed E-state index contributed by atoms with van der Waals surface area (Å²) in [6, 6.07) is 11.0. The highest BCUT2D eigenvalue weighted by Crippen LogP contribution is 2.31. The molecular formula is C22H20ClN5O3. The zero-order chi connectivity index (χ0) is 21.8. The minimum absolute atomic E-state index is 0.300. The van der Waals surface area contributed by atoms with E-state index in [9.17, 15) is 4.79 Å². The molecule has 0 aliphatic carbocycles. The van der Waals surface area contributed by atoms with Gasteiger partial charge < -0.3 is 14.8 Å². The molecule has 0 bridgehead atoms. The predicted octanol–water partition coefficient (Wildman–Crippen LogP) is 4.59. The molecule has 3 aromatic heterocycles. The van der Waals surface area contributed by atoms with Crippen LogP contribution < -0.4 is 10.1 Å². The van der Waals surface area contributed by atoms with Gasteiger partial charge in [-0.15, -0.1) is 0 Å². The van der Waals surface area contributed by atoms with Crippen LogP contribution in [-0.4, -0.2) is 32.2 Å². The van der Waals surface area contributed by atoms with Gasteiger partial charge in [-0.25, -0.2) is 14.3 Å². The number of hydrogen-bond donors (Lipinski definition) is 1. The fourth-order valence-corrected chi connectivity index (χ4v) is 3.37. The molecule has 4 aromatic rings. The molecule has 158 valence electrons. The van der Waals surface area contributed by atoms with E-state index in [0.717, 1.165) is 11.3 Å². The molecule has 0 aliphatic heterocycles. The summed E-state index contributed by atoms with van der Waals surface area (Å²) in [5.41, 5.74) is 3.38. The highest BCUT2D eigenvalue weighted by Gasteiger charge is 2.19. The van der Waals surface area contributed by atoms with Gasteiger partial charge >= 0.3 is 5.97 Å². The fraction of sp³-hybridized carbons (Fsp3) is 0.182. The molecular weight excluding hydrogens is 418 g/mol. The topological polar surface area (TPSA) is 90.6 Å². The number of nitrogens with zero attached hydrogens (tertiary/aromatic N) is 4. The van der Waals surface area contributed by atoms with Gasteiger partial charge in [-0.2, -0.15) is 5.10 Å². The first-order valence-corrected chi connectivity index (χ1v) is 10.0. The van der Waals surface area contributed by atoms with Crippen LogP contribution in [0.25, 0.3) is 5.52 Å². The fourth-order valence-electron chi connectivity index (χ4n) is 3.13. The van der Waals surface area contributed by atoms with Crippen LogP contribution in [0.3, 0.4) is 0 Å². The second kappa shape index (κ2) is 9.01. The number of ether oxygens (including phenoxy) is 2. The van der Waals surface area contributed by atoms with Crippen molar-refractivity contribution >= 4 is 34.6 Å². The highest BCUT2D eigenvalue weighted by molar-refractivity contribution is 6.32. The number of halogens is 1. The third kappa shape index (κ3) is 4.44. The summed E-state index contributed by atoms with van der Waals surface area (Å²) in [4.78, 5) is 20.8. The molecule has 9 heteroatoms. The van der Waals surface area contributed by atoms with Crippen LogP contribution >= 0.6 is 11.6 Å². The van der Waals surface area contributed by atoms with Crippen LogP contribution in [0.1, 0.15) is 28.5 Å². The van der Waals surface area contributed by atoms with Crippen LogP contribution in [0.4, 0.5) is 11.5 Å². The van der Waals surface area contributed by atoms with Crippen molar-refractivity contribution in [1.29, 1.82) is 0 Å².